The maximum atomic E-state index is 12.7. The minimum absolute atomic E-state index is 0.304. The Balaban J connectivity index is 2.20. The molecule has 1 aromatic carbocycles. The predicted molar refractivity (Wildman–Crippen MR) is 79.9 cm³/mol. The highest BCUT2D eigenvalue weighted by Crippen LogP contribution is 2.32. The average molecular weight is 376 g/mol. The van der Waals surface area contributed by atoms with Gasteiger partial charge in [0.05, 0.1) is 21.9 Å². The molecule has 136 valence electrons. The van der Waals surface area contributed by atoms with Crippen LogP contribution in [0.2, 0.25) is 0 Å². The SMILES string of the molecule is N#Cc1cc(C(F)(F)F)ccc1S(=O)(=O)NC1CCC(C(=O)O)CC1. The van der Waals surface area contributed by atoms with Crippen LogP contribution in [-0.4, -0.2) is 25.5 Å². The van der Waals surface area contributed by atoms with Gasteiger partial charge in [-0.25, -0.2) is 13.1 Å². The summed E-state index contributed by atoms with van der Waals surface area (Å²) >= 11 is 0. The Labute approximate surface area is 142 Å². The Morgan fingerprint density at radius 1 is 1.24 bits per heavy atom. The lowest BCUT2D eigenvalue weighted by Gasteiger charge is -2.26. The molecule has 0 unspecified atom stereocenters. The van der Waals surface area contributed by atoms with Crippen LogP contribution >= 0.6 is 0 Å². The number of carboxylic acid groups (broad SMARTS) is 1. The molecule has 1 aliphatic carbocycles. The van der Waals surface area contributed by atoms with E-state index in [0.717, 1.165) is 6.07 Å². The van der Waals surface area contributed by atoms with E-state index >= 15 is 0 Å². The van der Waals surface area contributed by atoms with Gasteiger partial charge in [0.25, 0.3) is 0 Å². The normalized spacial score (nSPS) is 21.5. The molecule has 0 atom stereocenters. The second kappa shape index (κ2) is 7.01. The van der Waals surface area contributed by atoms with Crippen LogP contribution < -0.4 is 4.72 Å². The number of rotatable bonds is 4. The fourth-order valence-corrected chi connectivity index (χ4v) is 4.21. The van der Waals surface area contributed by atoms with Crippen LogP contribution in [0, 0.1) is 17.2 Å². The topological polar surface area (TPSA) is 107 Å². The number of carboxylic acids is 1. The molecule has 25 heavy (non-hydrogen) atoms. The van der Waals surface area contributed by atoms with Crippen LogP contribution in [0.4, 0.5) is 13.2 Å². The molecule has 0 aliphatic heterocycles. The van der Waals surface area contributed by atoms with Crippen molar-refractivity contribution in [1.82, 2.24) is 4.72 Å². The van der Waals surface area contributed by atoms with E-state index in [1.54, 1.807) is 0 Å². The molecule has 0 bridgehead atoms. The smallest absolute Gasteiger partial charge is 0.416 e. The van der Waals surface area contributed by atoms with Crippen molar-refractivity contribution < 1.29 is 31.5 Å². The summed E-state index contributed by atoms with van der Waals surface area (Å²) in [5.41, 5.74) is -1.70. The Morgan fingerprint density at radius 2 is 1.84 bits per heavy atom. The van der Waals surface area contributed by atoms with Gasteiger partial charge in [0.15, 0.2) is 0 Å². The third kappa shape index (κ3) is 4.49. The predicted octanol–water partition coefficient (Wildman–Crippen LogP) is 2.50. The number of benzene rings is 1. The zero-order valence-electron chi connectivity index (χ0n) is 12.9. The molecule has 0 radical (unpaired) electrons. The van der Waals surface area contributed by atoms with Crippen molar-refractivity contribution in [2.24, 2.45) is 5.92 Å². The van der Waals surface area contributed by atoms with Gasteiger partial charge >= 0.3 is 12.1 Å². The summed E-state index contributed by atoms with van der Waals surface area (Å²) < 4.78 is 65.2. The fraction of sp³-hybridized carbons (Fsp3) is 0.467. The van der Waals surface area contributed by atoms with Gasteiger partial charge in [0, 0.05) is 6.04 Å². The van der Waals surface area contributed by atoms with E-state index in [-0.39, 0.29) is 0 Å². The fourth-order valence-electron chi connectivity index (χ4n) is 2.77. The number of carbonyl (C=O) groups is 1. The van der Waals surface area contributed by atoms with Crippen molar-refractivity contribution in [3.8, 4) is 6.07 Å². The van der Waals surface area contributed by atoms with Gasteiger partial charge in [-0.05, 0) is 43.9 Å². The molecule has 0 spiro atoms. The first-order valence-corrected chi connectivity index (χ1v) is 8.89. The minimum atomic E-state index is -4.68. The number of alkyl halides is 3. The highest BCUT2D eigenvalue weighted by Gasteiger charge is 2.33. The van der Waals surface area contributed by atoms with Crippen molar-refractivity contribution in [1.29, 1.82) is 5.26 Å². The highest BCUT2D eigenvalue weighted by atomic mass is 32.2. The lowest BCUT2D eigenvalue weighted by molar-refractivity contribution is -0.143. The Bertz CT molecular complexity index is 807. The molecule has 1 saturated carbocycles. The van der Waals surface area contributed by atoms with E-state index in [2.05, 4.69) is 4.72 Å². The molecular weight excluding hydrogens is 361 g/mol. The summed E-state index contributed by atoms with van der Waals surface area (Å²) in [5.74, 6) is -1.46. The van der Waals surface area contributed by atoms with Crippen LogP contribution in [0.1, 0.15) is 36.8 Å². The first-order valence-electron chi connectivity index (χ1n) is 7.41. The third-order valence-corrected chi connectivity index (χ3v) is 5.69. The van der Waals surface area contributed by atoms with Gasteiger partial charge in [-0.3, -0.25) is 4.79 Å². The first kappa shape index (κ1) is 19.2. The van der Waals surface area contributed by atoms with Crippen LogP contribution in [0.15, 0.2) is 23.1 Å². The van der Waals surface area contributed by atoms with Crippen molar-refractivity contribution in [2.45, 2.75) is 42.8 Å². The number of nitrogens with zero attached hydrogens (tertiary/aromatic N) is 1. The summed E-state index contributed by atoms with van der Waals surface area (Å²) in [4.78, 5) is 10.4. The average Bonchev–Trinajstić information content (AvgIpc) is 2.53. The quantitative estimate of drug-likeness (QED) is 0.840. The van der Waals surface area contributed by atoms with Crippen LogP contribution in [0.3, 0.4) is 0 Å². The molecule has 1 aromatic rings. The zero-order chi connectivity index (χ0) is 18.8. The Kier molecular flexibility index (Phi) is 5.39. The zero-order valence-corrected chi connectivity index (χ0v) is 13.7. The Morgan fingerprint density at radius 3 is 2.32 bits per heavy atom. The summed E-state index contributed by atoms with van der Waals surface area (Å²) in [6.07, 6.45) is -3.46. The molecule has 0 saturated heterocycles. The molecule has 1 aliphatic rings. The van der Waals surface area contributed by atoms with E-state index < -0.39 is 50.2 Å². The van der Waals surface area contributed by atoms with Crippen molar-refractivity contribution in [3.05, 3.63) is 29.3 Å². The van der Waals surface area contributed by atoms with Gasteiger partial charge in [-0.2, -0.15) is 18.4 Å². The molecule has 0 aromatic heterocycles. The van der Waals surface area contributed by atoms with Crippen molar-refractivity contribution in [2.75, 3.05) is 0 Å². The number of hydrogen-bond donors (Lipinski definition) is 2. The number of halogens is 3. The van der Waals surface area contributed by atoms with Crippen LogP contribution in [0.25, 0.3) is 0 Å². The summed E-state index contributed by atoms with van der Waals surface area (Å²) in [5, 5.41) is 17.9. The van der Waals surface area contributed by atoms with Crippen molar-refractivity contribution >= 4 is 16.0 Å². The first-order chi connectivity index (χ1) is 11.5. The summed E-state index contributed by atoms with van der Waals surface area (Å²) in [6.45, 7) is 0. The molecule has 0 heterocycles. The molecular formula is C15H15F3N2O4S. The molecule has 0 amide bonds. The second-order valence-corrected chi connectivity index (χ2v) is 7.51. The Hall–Kier alpha value is -2.12. The monoisotopic (exact) mass is 376 g/mol. The molecule has 10 heteroatoms. The minimum Gasteiger partial charge on any atom is -0.481 e. The third-order valence-electron chi connectivity index (χ3n) is 4.12. The number of hydrogen-bond acceptors (Lipinski definition) is 4. The van der Waals surface area contributed by atoms with Gasteiger partial charge in [0.1, 0.15) is 6.07 Å². The molecule has 2 rings (SSSR count). The van der Waals surface area contributed by atoms with Gasteiger partial charge in [0.2, 0.25) is 10.0 Å². The lowest BCUT2D eigenvalue weighted by Crippen LogP contribution is -2.39. The number of aliphatic carboxylic acids is 1. The largest absolute Gasteiger partial charge is 0.481 e. The van der Waals surface area contributed by atoms with E-state index in [4.69, 9.17) is 10.4 Å². The van der Waals surface area contributed by atoms with Gasteiger partial charge < -0.3 is 5.11 Å². The maximum absolute atomic E-state index is 12.7. The summed E-state index contributed by atoms with van der Waals surface area (Å²) in [6, 6.07) is 2.82. The van der Waals surface area contributed by atoms with E-state index in [0.29, 0.717) is 37.8 Å². The molecule has 6 nitrogen and oxygen atoms in total. The lowest BCUT2D eigenvalue weighted by atomic mass is 9.87. The van der Waals surface area contributed by atoms with E-state index in [1.807, 2.05) is 0 Å². The highest BCUT2D eigenvalue weighted by molar-refractivity contribution is 7.89. The molecule has 2 N–H and O–H groups in total. The number of sulfonamides is 1. The van der Waals surface area contributed by atoms with Crippen molar-refractivity contribution in [3.63, 3.8) is 0 Å². The molecule has 1 fully saturated rings. The number of nitrogens with one attached hydrogen (secondary N) is 1. The second-order valence-electron chi connectivity index (χ2n) is 5.83. The summed E-state index contributed by atoms with van der Waals surface area (Å²) in [7, 11) is -4.19. The van der Waals surface area contributed by atoms with Crippen LogP contribution in [-0.2, 0) is 21.0 Å². The van der Waals surface area contributed by atoms with Gasteiger partial charge in [-0.1, -0.05) is 0 Å². The number of nitriles is 1. The maximum Gasteiger partial charge on any atom is 0.416 e. The van der Waals surface area contributed by atoms with E-state index in [1.165, 1.54) is 6.07 Å². The van der Waals surface area contributed by atoms with E-state index in [9.17, 15) is 26.4 Å². The standard InChI is InChI=1S/C15H15F3N2O4S/c16-15(17,18)11-3-6-13(10(7-11)8-19)25(23,24)20-12-4-1-9(2-5-12)14(21)22/h3,6-7,9,12,20H,1-2,4-5H2,(H,21,22). The van der Waals surface area contributed by atoms with Gasteiger partial charge in [-0.15, -0.1) is 0 Å². The van der Waals surface area contributed by atoms with Crippen LogP contribution in [0.5, 0.6) is 0 Å².